The molecule has 0 aliphatic heterocycles. The zero-order valence-corrected chi connectivity index (χ0v) is 22.3. The van der Waals surface area contributed by atoms with E-state index in [1.807, 2.05) is 0 Å². The second-order valence-electron chi connectivity index (χ2n) is 10.8. The van der Waals surface area contributed by atoms with Crippen LogP contribution < -0.4 is 5.73 Å². The van der Waals surface area contributed by atoms with Gasteiger partial charge in [0.1, 0.15) is 0 Å². The van der Waals surface area contributed by atoms with Crippen LogP contribution in [0.4, 0.5) is 0 Å². The number of phosphoric acid groups is 1. The lowest BCUT2D eigenvalue weighted by Crippen LogP contribution is -2.72. The SMILES string of the molecule is CCOP(=O)(O)OCCCC([NH3+])(CCCCC1CCCCC1)CCCC[Si](C)(C)C. The van der Waals surface area contributed by atoms with Crippen LogP contribution in [0, 0.1) is 5.92 Å². The van der Waals surface area contributed by atoms with Crippen molar-refractivity contribution in [2.45, 2.75) is 128 Å². The van der Waals surface area contributed by atoms with Crippen molar-refractivity contribution in [3.05, 3.63) is 0 Å². The van der Waals surface area contributed by atoms with E-state index >= 15 is 0 Å². The lowest BCUT2D eigenvalue weighted by molar-refractivity contribution is -0.484. The first kappa shape index (κ1) is 28.3. The molecule has 7 heteroatoms. The third-order valence-corrected chi connectivity index (χ3v) is 9.52. The summed E-state index contributed by atoms with van der Waals surface area (Å²) < 4.78 is 21.6. The summed E-state index contributed by atoms with van der Waals surface area (Å²) in [6, 6.07) is 1.38. The quantitative estimate of drug-likeness (QED) is 0.145. The van der Waals surface area contributed by atoms with Gasteiger partial charge in [0.05, 0.1) is 18.8 Å². The van der Waals surface area contributed by atoms with Crippen molar-refractivity contribution in [2.75, 3.05) is 13.2 Å². The molecule has 0 amide bonds. The summed E-state index contributed by atoms with van der Waals surface area (Å²) in [5.74, 6) is 0.959. The molecule has 1 rings (SSSR count). The van der Waals surface area contributed by atoms with Gasteiger partial charge in [0.25, 0.3) is 0 Å². The second-order valence-corrected chi connectivity index (χ2v) is 17.9. The van der Waals surface area contributed by atoms with Crippen LogP contribution in [0.5, 0.6) is 0 Å². The van der Waals surface area contributed by atoms with E-state index in [-0.39, 0.29) is 18.8 Å². The van der Waals surface area contributed by atoms with Crippen molar-refractivity contribution >= 4 is 15.9 Å². The molecule has 0 radical (unpaired) electrons. The highest BCUT2D eigenvalue weighted by Crippen LogP contribution is 2.43. The van der Waals surface area contributed by atoms with E-state index in [0.29, 0.717) is 0 Å². The van der Waals surface area contributed by atoms with Crippen molar-refractivity contribution in [2.24, 2.45) is 5.92 Å². The predicted octanol–water partition coefficient (Wildman–Crippen LogP) is 6.55. The molecule has 0 heterocycles. The summed E-state index contributed by atoms with van der Waals surface area (Å²) in [5, 5.41) is 0. The summed E-state index contributed by atoms with van der Waals surface area (Å²) in [7, 11) is -4.85. The first-order chi connectivity index (χ1) is 14.1. The minimum atomic E-state index is -3.88. The summed E-state index contributed by atoms with van der Waals surface area (Å²) in [6.07, 6.45) is 17.7. The van der Waals surface area contributed by atoms with Crippen LogP contribution in [0.15, 0.2) is 0 Å². The molecule has 0 saturated heterocycles. The fourth-order valence-electron chi connectivity index (χ4n) is 4.77. The topological polar surface area (TPSA) is 83.4 Å². The van der Waals surface area contributed by atoms with Gasteiger partial charge in [-0.05, 0) is 32.1 Å². The summed E-state index contributed by atoms with van der Waals surface area (Å²) in [5.41, 5.74) is 4.72. The van der Waals surface area contributed by atoms with E-state index in [0.717, 1.165) is 31.6 Å². The maximum Gasteiger partial charge on any atom is 0.472 e. The van der Waals surface area contributed by atoms with Crippen molar-refractivity contribution < 1.29 is 24.2 Å². The predicted molar refractivity (Wildman–Crippen MR) is 129 cm³/mol. The first-order valence-electron chi connectivity index (χ1n) is 12.5. The Kier molecular flexibility index (Phi) is 13.6. The van der Waals surface area contributed by atoms with Crippen LogP contribution in [0.25, 0.3) is 0 Å². The van der Waals surface area contributed by atoms with Crippen LogP contribution in [-0.4, -0.2) is 31.7 Å². The third kappa shape index (κ3) is 14.4. The summed E-state index contributed by atoms with van der Waals surface area (Å²) >= 11 is 0. The molecule has 0 aromatic rings. The molecule has 0 aromatic heterocycles. The number of quaternary nitrogens is 1. The van der Waals surface area contributed by atoms with E-state index in [1.165, 1.54) is 70.3 Å². The third-order valence-electron chi connectivity index (χ3n) is 6.58. The second kappa shape index (κ2) is 14.4. The van der Waals surface area contributed by atoms with E-state index in [4.69, 9.17) is 9.05 Å². The fourth-order valence-corrected chi connectivity index (χ4v) is 6.84. The Bertz CT molecular complexity index is 494. The standard InChI is InChI=1S/C23H50NO4PSi/c1-5-27-29(25,26)28-20-13-19-23(24,18-11-12-21-30(2,3)4)17-10-9-16-22-14-7-6-8-15-22/h22H,5-21,24H2,1-4H3,(H,25,26)/p+1. The molecule has 5 nitrogen and oxygen atoms in total. The highest BCUT2D eigenvalue weighted by atomic mass is 31.2. The molecule has 180 valence electrons. The van der Waals surface area contributed by atoms with E-state index in [2.05, 4.69) is 25.4 Å². The maximum atomic E-state index is 11.7. The maximum absolute atomic E-state index is 11.7. The van der Waals surface area contributed by atoms with Gasteiger partial charge in [0.2, 0.25) is 0 Å². The highest BCUT2D eigenvalue weighted by Gasteiger charge is 2.29. The van der Waals surface area contributed by atoms with Gasteiger partial charge in [-0.1, -0.05) is 77.1 Å². The molecule has 30 heavy (non-hydrogen) atoms. The molecule has 0 bridgehead atoms. The van der Waals surface area contributed by atoms with Crippen LogP contribution in [-0.2, 0) is 13.6 Å². The number of unbranched alkanes of at least 4 members (excludes halogenated alkanes) is 2. The highest BCUT2D eigenvalue weighted by molar-refractivity contribution is 7.47. The molecule has 1 fully saturated rings. The Morgan fingerprint density at radius 2 is 1.57 bits per heavy atom. The van der Waals surface area contributed by atoms with Crippen LogP contribution >= 0.6 is 7.82 Å². The molecule has 2 unspecified atom stereocenters. The first-order valence-corrected chi connectivity index (χ1v) is 17.7. The fraction of sp³-hybridized carbons (Fsp3) is 1.00. The van der Waals surface area contributed by atoms with Gasteiger partial charge >= 0.3 is 7.82 Å². The molecular weight excluding hydrogens is 413 g/mol. The summed E-state index contributed by atoms with van der Waals surface area (Å²) in [6.45, 7) is 9.48. The largest absolute Gasteiger partial charge is 0.472 e. The molecule has 4 N–H and O–H groups in total. The molecule has 0 spiro atoms. The zero-order chi connectivity index (χ0) is 22.5. The Balaban J connectivity index is 2.40. The van der Waals surface area contributed by atoms with E-state index < -0.39 is 15.9 Å². The monoisotopic (exact) mass is 464 g/mol. The average molecular weight is 465 g/mol. The zero-order valence-electron chi connectivity index (χ0n) is 20.4. The minimum Gasteiger partial charge on any atom is -0.353 e. The van der Waals surface area contributed by atoms with Gasteiger partial charge < -0.3 is 10.6 Å². The molecule has 2 atom stereocenters. The molecule has 1 saturated carbocycles. The molecule has 0 aromatic carbocycles. The Labute approximate surface area is 187 Å². The van der Waals surface area contributed by atoms with E-state index in [9.17, 15) is 9.46 Å². The van der Waals surface area contributed by atoms with Crippen LogP contribution in [0.2, 0.25) is 25.7 Å². The Morgan fingerprint density at radius 1 is 0.967 bits per heavy atom. The van der Waals surface area contributed by atoms with Gasteiger partial charge in [0, 0.05) is 27.3 Å². The van der Waals surface area contributed by atoms with Crippen molar-refractivity contribution in [3.8, 4) is 0 Å². The van der Waals surface area contributed by atoms with Gasteiger partial charge in [-0.15, -0.1) is 0 Å². The average Bonchev–Trinajstić information content (AvgIpc) is 2.66. The van der Waals surface area contributed by atoms with Crippen LogP contribution in [0.1, 0.15) is 96.8 Å². The number of hydrogen-bond acceptors (Lipinski definition) is 3. The van der Waals surface area contributed by atoms with Gasteiger partial charge in [-0.3, -0.25) is 9.05 Å². The van der Waals surface area contributed by atoms with Crippen molar-refractivity contribution in [3.63, 3.8) is 0 Å². The Hall–Kier alpha value is 0.287. The molecule has 1 aliphatic carbocycles. The van der Waals surface area contributed by atoms with Crippen molar-refractivity contribution in [1.82, 2.24) is 0 Å². The van der Waals surface area contributed by atoms with E-state index in [1.54, 1.807) is 6.92 Å². The summed E-state index contributed by atoms with van der Waals surface area (Å²) in [4.78, 5) is 9.59. The van der Waals surface area contributed by atoms with Gasteiger partial charge in [-0.25, -0.2) is 4.57 Å². The lowest BCUT2D eigenvalue weighted by atomic mass is 9.82. The van der Waals surface area contributed by atoms with Crippen LogP contribution in [0.3, 0.4) is 0 Å². The Morgan fingerprint density at radius 3 is 2.17 bits per heavy atom. The van der Waals surface area contributed by atoms with Gasteiger partial charge in [0.15, 0.2) is 0 Å². The van der Waals surface area contributed by atoms with Gasteiger partial charge in [-0.2, -0.15) is 0 Å². The number of hydrogen-bond donors (Lipinski definition) is 2. The minimum absolute atomic E-state index is 0.0699. The lowest BCUT2D eigenvalue weighted by Gasteiger charge is -2.28. The number of rotatable bonds is 17. The number of phosphoric ester groups is 1. The smallest absolute Gasteiger partial charge is 0.353 e. The normalized spacial score (nSPS) is 20.1. The molecule has 1 aliphatic rings. The van der Waals surface area contributed by atoms with Crippen molar-refractivity contribution in [1.29, 1.82) is 0 Å². The molecular formula is C23H51NO4PSi+.